The number of hydrogen-bond acceptors (Lipinski definition) is 18. The van der Waals surface area contributed by atoms with Crippen molar-refractivity contribution in [3.05, 3.63) is 0 Å². The average Bonchev–Trinajstić information content (AvgIpc) is 2.97. The van der Waals surface area contributed by atoms with E-state index >= 15 is 0 Å². The first-order valence-corrected chi connectivity index (χ1v) is 13.1. The summed E-state index contributed by atoms with van der Waals surface area (Å²) in [7, 11) is 0. The van der Waals surface area contributed by atoms with E-state index in [0.29, 0.717) is 0 Å². The molecule has 0 aliphatic carbocycles. The molecule has 2 heterocycles. The number of aliphatic carboxylic acids is 1. The molecule has 0 aromatic carbocycles. The summed E-state index contributed by atoms with van der Waals surface area (Å²) >= 11 is 0. The zero-order valence-electron chi connectivity index (χ0n) is 22.8. The fraction of sp³-hybridized carbons (Fsp3) is 0.870. The van der Waals surface area contributed by atoms with Crippen LogP contribution in [-0.2, 0) is 33.3 Å². The van der Waals surface area contributed by atoms with Crippen LogP contribution in [-0.4, -0.2) is 185 Å². The number of carbonyl (C=O) groups is 3. The minimum atomic E-state index is -3.05. The summed E-state index contributed by atoms with van der Waals surface area (Å²) < 4.78 is 21.6. The Morgan fingerprint density at radius 2 is 1.67 bits per heavy atom. The molecule has 15 unspecified atom stereocenters. The molecule has 20 nitrogen and oxygen atoms in total. The second kappa shape index (κ2) is 15.8. The number of carboxylic acids is 1. The number of ether oxygens (including phenoxy) is 4. The van der Waals surface area contributed by atoms with E-state index in [0.717, 1.165) is 6.92 Å². The Balaban J connectivity index is 2.49. The summed E-state index contributed by atoms with van der Waals surface area (Å²) in [5.41, 5.74) is 5.47. The van der Waals surface area contributed by atoms with E-state index in [2.05, 4.69) is 5.32 Å². The molecule has 2 saturated heterocycles. The maximum Gasteiger partial charge on any atom is 0.364 e. The molecule has 0 aromatic heterocycles. The quantitative estimate of drug-likeness (QED) is 0.0745. The third-order valence-electron chi connectivity index (χ3n) is 7.08. The van der Waals surface area contributed by atoms with Gasteiger partial charge in [-0.1, -0.05) is 0 Å². The molecular weight excluding hydrogens is 592 g/mol. The molecule has 43 heavy (non-hydrogen) atoms. The van der Waals surface area contributed by atoms with E-state index in [4.69, 9.17) is 24.7 Å². The Morgan fingerprint density at radius 1 is 1.07 bits per heavy atom. The predicted octanol–water partition coefficient (Wildman–Crippen LogP) is -8.41. The van der Waals surface area contributed by atoms with E-state index in [1.165, 1.54) is 0 Å². The minimum Gasteiger partial charge on any atom is -0.477 e. The number of aldehydes is 1. The number of amides is 1. The average molecular weight is 633 g/mol. The van der Waals surface area contributed by atoms with Crippen molar-refractivity contribution in [3.8, 4) is 0 Å². The molecule has 0 radical (unpaired) electrons. The molecule has 0 spiro atoms. The molecule has 0 aromatic rings. The lowest BCUT2D eigenvalue weighted by Gasteiger charge is -2.50. The number of carbonyl (C=O) groups excluding carboxylic acids is 2. The van der Waals surface area contributed by atoms with Crippen molar-refractivity contribution >= 4 is 18.2 Å². The minimum absolute atomic E-state index is 0.0879. The third-order valence-corrected chi connectivity index (χ3v) is 7.08. The molecule has 15 atom stereocenters. The van der Waals surface area contributed by atoms with Crippen LogP contribution in [0, 0.1) is 0 Å². The van der Waals surface area contributed by atoms with Gasteiger partial charge in [0.05, 0.1) is 38.0 Å². The Morgan fingerprint density at radius 3 is 2.16 bits per heavy atom. The lowest BCUT2D eigenvalue weighted by atomic mass is 9.88. The normalized spacial score (nSPS) is 37.4. The van der Waals surface area contributed by atoms with Crippen LogP contribution >= 0.6 is 0 Å². The van der Waals surface area contributed by atoms with Crippen LogP contribution in [0.5, 0.6) is 0 Å². The highest BCUT2D eigenvalue weighted by Gasteiger charge is 2.59. The van der Waals surface area contributed by atoms with E-state index in [1.807, 2.05) is 0 Å². The van der Waals surface area contributed by atoms with Gasteiger partial charge in [0.15, 0.2) is 6.29 Å². The number of rotatable bonds is 15. The molecule has 20 heteroatoms. The number of hydrogen-bond donors (Lipinski definition) is 13. The molecule has 14 N–H and O–H groups in total. The highest BCUT2D eigenvalue weighted by atomic mass is 16.8. The maximum atomic E-state index is 12.5. The Bertz CT molecular complexity index is 931. The molecule has 0 saturated carbocycles. The summed E-state index contributed by atoms with van der Waals surface area (Å²) in [6.07, 6.45) is -24.9. The van der Waals surface area contributed by atoms with Gasteiger partial charge < -0.3 is 91.0 Å². The van der Waals surface area contributed by atoms with Gasteiger partial charge in [-0.3, -0.25) is 4.79 Å². The number of carboxylic acid groups (broad SMARTS) is 1. The van der Waals surface area contributed by atoms with Crippen LogP contribution in [0.1, 0.15) is 13.3 Å². The molecule has 250 valence electrons. The fourth-order valence-corrected chi connectivity index (χ4v) is 4.73. The van der Waals surface area contributed by atoms with Gasteiger partial charge in [0, 0.05) is 13.3 Å². The monoisotopic (exact) mass is 632 g/mol. The van der Waals surface area contributed by atoms with Crippen molar-refractivity contribution in [2.24, 2.45) is 5.73 Å². The first kappa shape index (κ1) is 37.2. The van der Waals surface area contributed by atoms with Gasteiger partial charge in [0.2, 0.25) is 5.91 Å². The number of nitrogens with two attached hydrogens (primary N) is 1. The highest BCUT2D eigenvalue weighted by molar-refractivity contribution is 5.76. The molecule has 2 aliphatic rings. The highest BCUT2D eigenvalue weighted by Crippen LogP contribution is 2.37. The van der Waals surface area contributed by atoms with Crippen molar-refractivity contribution in [2.75, 3.05) is 19.8 Å². The summed E-state index contributed by atoms with van der Waals surface area (Å²) in [6.45, 7) is -2.08. The van der Waals surface area contributed by atoms with Crippen molar-refractivity contribution < 1.29 is 89.5 Å². The molecule has 2 aliphatic heterocycles. The zero-order chi connectivity index (χ0) is 32.8. The summed E-state index contributed by atoms with van der Waals surface area (Å²) in [5.74, 6) is -5.80. The molecular formula is C23H40N2O18. The fourth-order valence-electron chi connectivity index (χ4n) is 4.73. The van der Waals surface area contributed by atoms with E-state index in [9.17, 15) is 70.6 Å². The van der Waals surface area contributed by atoms with Crippen molar-refractivity contribution in [2.45, 2.75) is 105 Å². The van der Waals surface area contributed by atoms with Crippen LogP contribution in [0.15, 0.2) is 0 Å². The number of aliphatic hydroxyl groups is 10. The second-order valence-corrected chi connectivity index (χ2v) is 10.2. The third kappa shape index (κ3) is 8.39. The predicted molar refractivity (Wildman–Crippen MR) is 133 cm³/mol. The Labute approximate surface area is 243 Å². The van der Waals surface area contributed by atoms with Gasteiger partial charge in [-0.15, -0.1) is 0 Å². The maximum absolute atomic E-state index is 12.5. The lowest BCUT2D eigenvalue weighted by molar-refractivity contribution is -0.376. The van der Waals surface area contributed by atoms with E-state index in [-0.39, 0.29) is 6.29 Å². The van der Waals surface area contributed by atoms with Gasteiger partial charge in [0.25, 0.3) is 5.79 Å². The van der Waals surface area contributed by atoms with Gasteiger partial charge in [0.1, 0.15) is 67.3 Å². The van der Waals surface area contributed by atoms with Crippen LogP contribution < -0.4 is 11.1 Å². The van der Waals surface area contributed by atoms with Crippen LogP contribution in [0.2, 0.25) is 0 Å². The Kier molecular flexibility index (Phi) is 13.7. The van der Waals surface area contributed by atoms with Crippen molar-refractivity contribution in [1.82, 2.24) is 5.32 Å². The van der Waals surface area contributed by atoms with Crippen molar-refractivity contribution in [1.29, 1.82) is 0 Å². The summed E-state index contributed by atoms with van der Waals surface area (Å²) in [4.78, 5) is 35.3. The number of nitrogens with one attached hydrogen (secondary N) is 1. The van der Waals surface area contributed by atoms with Crippen LogP contribution in [0.4, 0.5) is 0 Å². The zero-order valence-corrected chi connectivity index (χ0v) is 22.8. The van der Waals surface area contributed by atoms with Gasteiger partial charge >= 0.3 is 5.97 Å². The molecule has 2 rings (SSSR count). The largest absolute Gasteiger partial charge is 0.477 e. The Hall–Kier alpha value is -1.99. The number of aliphatic hydroxyl groups excluding tert-OH is 10. The smallest absolute Gasteiger partial charge is 0.364 e. The molecule has 1 amide bonds. The SMILES string of the molecule is CC(=O)NC1C(O)CC(OC2C(O)C(CO)OC(OC(C(O)CO)C(O)C(N)C=O)C2O)(C(=O)O)OC1C(O)C(O)CO. The topological polar surface area (TPSA) is 349 Å². The van der Waals surface area contributed by atoms with E-state index < -0.39 is 129 Å². The summed E-state index contributed by atoms with van der Waals surface area (Å²) in [6, 6.07) is -3.22. The first-order chi connectivity index (χ1) is 20.1. The van der Waals surface area contributed by atoms with Crippen LogP contribution in [0.25, 0.3) is 0 Å². The summed E-state index contributed by atoms with van der Waals surface area (Å²) in [5, 5.41) is 114. The molecule has 2 fully saturated rings. The van der Waals surface area contributed by atoms with Gasteiger partial charge in [-0.05, 0) is 0 Å². The van der Waals surface area contributed by atoms with Crippen LogP contribution in [0.3, 0.4) is 0 Å². The van der Waals surface area contributed by atoms with Gasteiger partial charge in [-0.2, -0.15) is 0 Å². The second-order valence-electron chi connectivity index (χ2n) is 10.2. The first-order valence-electron chi connectivity index (χ1n) is 13.1. The van der Waals surface area contributed by atoms with Gasteiger partial charge in [-0.25, -0.2) is 4.79 Å². The standard InChI is InChI=1S/C23H40N2O18/c1-7(30)25-13-9(31)2-23(22(38)39,42-19(13)15(35)10(32)4-27)43-20-16(36)12(6-29)40-21(17(20)37)41-18(11(33)5-28)14(34)8(24)3-26/h3,8-21,27-29,31-37H,2,4-6,24H2,1H3,(H,25,30)(H,38,39). The van der Waals surface area contributed by atoms with E-state index in [1.54, 1.807) is 0 Å². The lowest BCUT2D eigenvalue weighted by Crippen LogP contribution is -2.70. The van der Waals surface area contributed by atoms with Crippen molar-refractivity contribution in [3.63, 3.8) is 0 Å². The molecule has 0 bridgehead atoms.